The Morgan fingerprint density at radius 1 is 1.04 bits per heavy atom. The lowest BCUT2D eigenvalue weighted by Gasteiger charge is -2.19. The predicted octanol–water partition coefficient (Wildman–Crippen LogP) is 4.05. The second-order valence-corrected chi connectivity index (χ2v) is 6.56. The molecule has 2 aromatic rings. The number of rotatable bonds is 6. The zero-order valence-electron chi connectivity index (χ0n) is 14.7. The van der Waals surface area contributed by atoms with E-state index < -0.39 is 0 Å². The van der Waals surface area contributed by atoms with Gasteiger partial charge in [0.15, 0.2) is 11.5 Å². The van der Waals surface area contributed by atoms with Gasteiger partial charge < -0.3 is 20.1 Å². The van der Waals surface area contributed by atoms with E-state index >= 15 is 0 Å². The molecule has 0 radical (unpaired) electrons. The van der Waals surface area contributed by atoms with Crippen LogP contribution < -0.4 is 20.1 Å². The van der Waals surface area contributed by atoms with Crippen LogP contribution in [0.5, 0.6) is 11.5 Å². The van der Waals surface area contributed by atoms with Gasteiger partial charge in [0.1, 0.15) is 13.2 Å². The molecule has 1 amide bonds. The van der Waals surface area contributed by atoms with Crippen molar-refractivity contribution < 1.29 is 14.3 Å². The third-order valence-corrected chi connectivity index (χ3v) is 3.84. The molecular weight excluding hydrogens is 316 g/mol. The summed E-state index contributed by atoms with van der Waals surface area (Å²) in [5, 5.41) is 6.31. The molecule has 3 rings (SSSR count). The lowest BCUT2D eigenvalue weighted by Crippen LogP contribution is -2.15. The van der Waals surface area contributed by atoms with E-state index in [0.717, 1.165) is 28.4 Å². The molecule has 0 aromatic heterocycles. The molecule has 1 aliphatic heterocycles. The third-order valence-electron chi connectivity index (χ3n) is 3.84. The molecule has 5 heteroatoms. The Kier molecular flexibility index (Phi) is 5.43. The summed E-state index contributed by atoms with van der Waals surface area (Å²) in [5.74, 6) is 1.97. The molecule has 5 nitrogen and oxygen atoms in total. The Morgan fingerprint density at radius 3 is 2.60 bits per heavy atom. The first-order valence-electron chi connectivity index (χ1n) is 8.62. The van der Waals surface area contributed by atoms with Crippen molar-refractivity contribution in [3.05, 3.63) is 48.0 Å². The van der Waals surface area contributed by atoms with Gasteiger partial charge in [0.05, 0.1) is 0 Å². The molecule has 1 aliphatic rings. The van der Waals surface area contributed by atoms with Crippen LogP contribution in [0.25, 0.3) is 0 Å². The minimum Gasteiger partial charge on any atom is -0.486 e. The average molecular weight is 340 g/mol. The van der Waals surface area contributed by atoms with Crippen molar-refractivity contribution >= 4 is 17.3 Å². The van der Waals surface area contributed by atoms with E-state index in [-0.39, 0.29) is 5.91 Å². The molecule has 2 N–H and O–H groups in total. The van der Waals surface area contributed by atoms with Gasteiger partial charge in [0, 0.05) is 24.3 Å². The van der Waals surface area contributed by atoms with E-state index in [1.807, 2.05) is 56.3 Å². The maximum absolute atomic E-state index is 11.9. The van der Waals surface area contributed by atoms with Crippen molar-refractivity contribution in [3.8, 4) is 11.5 Å². The molecule has 0 fully saturated rings. The maximum Gasteiger partial charge on any atom is 0.224 e. The summed E-state index contributed by atoms with van der Waals surface area (Å²) in [5.41, 5.74) is 2.87. The number of fused-ring (bicyclic) bond motifs is 1. The summed E-state index contributed by atoms with van der Waals surface area (Å²) in [6.07, 6.45) is 0.523. The van der Waals surface area contributed by atoms with Crippen molar-refractivity contribution in [1.29, 1.82) is 0 Å². The fourth-order valence-corrected chi connectivity index (χ4v) is 2.69. The van der Waals surface area contributed by atoms with Crippen molar-refractivity contribution in [1.82, 2.24) is 0 Å². The molecule has 25 heavy (non-hydrogen) atoms. The van der Waals surface area contributed by atoms with Crippen molar-refractivity contribution in [2.75, 3.05) is 23.8 Å². The summed E-state index contributed by atoms with van der Waals surface area (Å²) < 4.78 is 11.1. The van der Waals surface area contributed by atoms with E-state index in [1.165, 1.54) is 0 Å². The molecule has 0 saturated heterocycles. The fourth-order valence-electron chi connectivity index (χ4n) is 2.69. The van der Waals surface area contributed by atoms with Crippen LogP contribution in [0.4, 0.5) is 11.4 Å². The summed E-state index contributed by atoms with van der Waals surface area (Å²) >= 11 is 0. The molecule has 0 aliphatic carbocycles. The first kappa shape index (κ1) is 17.1. The third kappa shape index (κ3) is 4.89. The lowest BCUT2D eigenvalue weighted by molar-refractivity contribution is -0.116. The summed E-state index contributed by atoms with van der Waals surface area (Å²) in [4.78, 5) is 11.9. The van der Waals surface area contributed by atoms with Gasteiger partial charge in [-0.25, -0.2) is 0 Å². The molecule has 1 heterocycles. The highest BCUT2D eigenvalue weighted by molar-refractivity contribution is 5.91. The smallest absolute Gasteiger partial charge is 0.224 e. The van der Waals surface area contributed by atoms with Crippen LogP contribution in [0.2, 0.25) is 0 Å². The summed E-state index contributed by atoms with van der Waals surface area (Å²) in [6, 6.07) is 13.7. The maximum atomic E-state index is 11.9. The van der Waals surface area contributed by atoms with Crippen LogP contribution >= 0.6 is 0 Å². The van der Waals surface area contributed by atoms with Gasteiger partial charge in [0.25, 0.3) is 0 Å². The van der Waals surface area contributed by atoms with Gasteiger partial charge in [-0.15, -0.1) is 0 Å². The number of hydrogen-bond acceptors (Lipinski definition) is 4. The highest BCUT2D eigenvalue weighted by atomic mass is 16.6. The number of ether oxygens (including phenoxy) is 2. The predicted molar refractivity (Wildman–Crippen MR) is 99.3 cm³/mol. The minimum atomic E-state index is 0.0407. The van der Waals surface area contributed by atoms with Gasteiger partial charge in [-0.2, -0.15) is 0 Å². The first-order valence-corrected chi connectivity index (χ1v) is 8.62. The van der Waals surface area contributed by atoms with Gasteiger partial charge in [0.2, 0.25) is 5.91 Å². The summed E-state index contributed by atoms with van der Waals surface area (Å²) in [7, 11) is 0. The zero-order chi connectivity index (χ0) is 17.6. The van der Waals surface area contributed by atoms with E-state index in [9.17, 15) is 4.79 Å². The van der Waals surface area contributed by atoms with E-state index in [0.29, 0.717) is 32.1 Å². The van der Waals surface area contributed by atoms with Crippen LogP contribution in [0.1, 0.15) is 25.8 Å². The van der Waals surface area contributed by atoms with Gasteiger partial charge in [-0.3, -0.25) is 4.79 Å². The Hall–Kier alpha value is -2.69. The number of anilines is 2. The molecule has 132 valence electrons. The Morgan fingerprint density at radius 2 is 1.80 bits per heavy atom. The number of carbonyl (C=O) groups excluding carboxylic acids is 1. The lowest BCUT2D eigenvalue weighted by atomic mass is 10.1. The monoisotopic (exact) mass is 340 g/mol. The van der Waals surface area contributed by atoms with Crippen molar-refractivity contribution in [3.63, 3.8) is 0 Å². The molecule has 0 spiro atoms. The molecule has 0 atom stereocenters. The van der Waals surface area contributed by atoms with Gasteiger partial charge in [-0.05, 0) is 41.8 Å². The van der Waals surface area contributed by atoms with Crippen LogP contribution in [-0.2, 0) is 11.3 Å². The van der Waals surface area contributed by atoms with E-state index in [2.05, 4.69) is 10.6 Å². The van der Waals surface area contributed by atoms with Crippen molar-refractivity contribution in [2.24, 2.45) is 5.92 Å². The van der Waals surface area contributed by atoms with Crippen molar-refractivity contribution in [2.45, 2.75) is 26.8 Å². The average Bonchev–Trinajstić information content (AvgIpc) is 2.59. The zero-order valence-corrected chi connectivity index (χ0v) is 14.7. The number of carbonyl (C=O) groups is 1. The fraction of sp³-hybridized carbons (Fsp3) is 0.350. The Bertz CT molecular complexity index is 743. The second kappa shape index (κ2) is 7.92. The second-order valence-electron chi connectivity index (χ2n) is 6.56. The molecule has 0 unspecified atom stereocenters. The molecule has 0 saturated carbocycles. The van der Waals surface area contributed by atoms with Crippen LogP contribution in [0.3, 0.4) is 0 Å². The number of nitrogens with one attached hydrogen (secondary N) is 2. The highest BCUT2D eigenvalue weighted by Gasteiger charge is 2.11. The number of hydrogen-bond donors (Lipinski definition) is 2. The highest BCUT2D eigenvalue weighted by Crippen LogP contribution is 2.31. The molecule has 0 bridgehead atoms. The van der Waals surface area contributed by atoms with E-state index in [4.69, 9.17) is 9.47 Å². The number of amides is 1. The molecular formula is C20H24N2O3. The van der Waals surface area contributed by atoms with E-state index in [1.54, 1.807) is 0 Å². The van der Waals surface area contributed by atoms with Gasteiger partial charge in [-0.1, -0.05) is 26.0 Å². The Balaban J connectivity index is 1.60. The first-order chi connectivity index (χ1) is 12.1. The van der Waals surface area contributed by atoms with Crippen LogP contribution in [-0.4, -0.2) is 19.1 Å². The standard InChI is InChI=1S/C20H24N2O3/c1-14(2)10-20(23)22-17-5-3-4-16(12-17)21-13-15-6-7-18-19(11-15)25-9-8-24-18/h3-7,11-12,14,21H,8-10,13H2,1-2H3,(H,22,23). The summed E-state index contributed by atoms with van der Waals surface area (Å²) in [6.45, 7) is 5.91. The minimum absolute atomic E-state index is 0.0407. The topological polar surface area (TPSA) is 59.6 Å². The van der Waals surface area contributed by atoms with Gasteiger partial charge >= 0.3 is 0 Å². The normalized spacial score (nSPS) is 12.8. The Labute approximate surface area is 148 Å². The largest absolute Gasteiger partial charge is 0.486 e. The molecule has 2 aromatic carbocycles. The SMILES string of the molecule is CC(C)CC(=O)Nc1cccc(NCc2ccc3c(c2)OCCO3)c1. The van der Waals surface area contributed by atoms with Crippen LogP contribution in [0.15, 0.2) is 42.5 Å². The number of benzene rings is 2. The van der Waals surface area contributed by atoms with Crippen LogP contribution in [0, 0.1) is 5.92 Å². The quantitative estimate of drug-likeness (QED) is 0.833.